The van der Waals surface area contributed by atoms with Crippen molar-refractivity contribution in [1.29, 1.82) is 0 Å². The molecule has 1 saturated heterocycles. The van der Waals surface area contributed by atoms with Crippen LogP contribution in [0.5, 0.6) is 0 Å². The molecule has 0 aromatic heterocycles. The molecule has 114 valence electrons. The molecule has 0 saturated carbocycles. The first-order valence-corrected chi connectivity index (χ1v) is 7.68. The number of sulfonamides is 1. The summed E-state index contributed by atoms with van der Waals surface area (Å²) in [6.07, 6.45) is 0. The van der Waals surface area contributed by atoms with Crippen LogP contribution in [0.1, 0.15) is 13.8 Å². The van der Waals surface area contributed by atoms with Crippen LogP contribution in [-0.2, 0) is 14.8 Å². The molecule has 1 aliphatic rings. The predicted molar refractivity (Wildman–Crippen MR) is 86.4 cm³/mol. The lowest BCUT2D eigenvalue weighted by Crippen LogP contribution is -2.45. The predicted octanol–water partition coefficient (Wildman–Crippen LogP) is -0.421. The minimum absolute atomic E-state index is 0. The number of hydrogen-bond acceptors (Lipinski definition) is 4. The van der Waals surface area contributed by atoms with E-state index >= 15 is 0 Å². The molecule has 0 spiro atoms. The number of nitrogens with one attached hydrogen (secondary N) is 1. The molecule has 1 rings (SSSR count). The molecule has 0 aromatic carbocycles. The van der Waals surface area contributed by atoms with Crippen LogP contribution in [-0.4, -0.2) is 63.9 Å². The number of guanidine groups is 1. The van der Waals surface area contributed by atoms with E-state index in [9.17, 15) is 8.42 Å². The van der Waals surface area contributed by atoms with Crippen molar-refractivity contribution in [2.24, 2.45) is 10.7 Å². The van der Waals surface area contributed by atoms with Gasteiger partial charge in [-0.25, -0.2) is 13.1 Å². The van der Waals surface area contributed by atoms with E-state index in [0.717, 1.165) is 0 Å². The first kappa shape index (κ1) is 18.9. The van der Waals surface area contributed by atoms with Gasteiger partial charge in [0.05, 0.1) is 25.5 Å². The minimum Gasteiger partial charge on any atom is -0.378 e. The quantitative estimate of drug-likeness (QED) is 0.367. The molecule has 0 aliphatic carbocycles. The van der Waals surface area contributed by atoms with Gasteiger partial charge in [-0.05, 0) is 13.8 Å². The summed E-state index contributed by atoms with van der Waals surface area (Å²) < 4.78 is 30.8. The second-order valence-electron chi connectivity index (χ2n) is 4.43. The molecule has 0 amide bonds. The highest BCUT2D eigenvalue weighted by molar-refractivity contribution is 14.0. The average molecular weight is 406 g/mol. The lowest BCUT2D eigenvalue weighted by Gasteiger charge is -2.27. The Balaban J connectivity index is 0.00000324. The largest absolute Gasteiger partial charge is 0.378 e. The normalized spacial score (nSPS) is 17.4. The highest BCUT2D eigenvalue weighted by Crippen LogP contribution is 1.96. The number of nitrogens with zero attached hydrogens (tertiary/aromatic N) is 2. The highest BCUT2D eigenvalue weighted by Gasteiger charge is 2.14. The Kier molecular flexibility index (Phi) is 8.86. The molecule has 0 aromatic rings. The Morgan fingerprint density at radius 1 is 1.42 bits per heavy atom. The van der Waals surface area contributed by atoms with E-state index in [0.29, 0.717) is 32.3 Å². The third-order valence-corrected chi connectivity index (χ3v) is 3.93. The second kappa shape index (κ2) is 8.93. The van der Waals surface area contributed by atoms with E-state index in [-0.39, 0.29) is 42.3 Å². The molecule has 19 heavy (non-hydrogen) atoms. The monoisotopic (exact) mass is 406 g/mol. The van der Waals surface area contributed by atoms with Crippen molar-refractivity contribution in [2.75, 3.05) is 38.6 Å². The van der Waals surface area contributed by atoms with Gasteiger partial charge in [0.1, 0.15) is 0 Å². The smallest absolute Gasteiger partial charge is 0.213 e. The summed E-state index contributed by atoms with van der Waals surface area (Å²) >= 11 is 0. The van der Waals surface area contributed by atoms with Gasteiger partial charge in [0, 0.05) is 19.1 Å². The van der Waals surface area contributed by atoms with Gasteiger partial charge >= 0.3 is 0 Å². The van der Waals surface area contributed by atoms with Crippen LogP contribution in [0.3, 0.4) is 0 Å². The minimum atomic E-state index is -3.26. The standard InChI is InChI=1S/C10H22N4O3S.HI/c1-9(2)13-18(15,16)8-3-12-10(11)14-4-6-17-7-5-14;/h9,13H,3-8H2,1-2H3,(H2,11,12);1H. The van der Waals surface area contributed by atoms with Crippen LogP contribution < -0.4 is 10.5 Å². The maximum atomic E-state index is 11.5. The van der Waals surface area contributed by atoms with Crippen molar-refractivity contribution < 1.29 is 13.2 Å². The lowest BCUT2D eigenvalue weighted by atomic mass is 10.4. The van der Waals surface area contributed by atoms with Crippen molar-refractivity contribution in [3.63, 3.8) is 0 Å². The molecule has 0 atom stereocenters. The summed E-state index contributed by atoms with van der Waals surface area (Å²) in [6, 6.07) is -0.101. The molecule has 1 aliphatic heterocycles. The van der Waals surface area contributed by atoms with E-state index < -0.39 is 10.0 Å². The molecule has 0 bridgehead atoms. The first-order chi connectivity index (χ1) is 8.41. The number of aliphatic imine (C=N–C) groups is 1. The summed E-state index contributed by atoms with van der Waals surface area (Å²) in [7, 11) is -3.26. The summed E-state index contributed by atoms with van der Waals surface area (Å²) in [5, 5.41) is 0. The van der Waals surface area contributed by atoms with Gasteiger partial charge in [-0.1, -0.05) is 0 Å². The SMILES string of the molecule is CC(C)NS(=O)(=O)CCN=C(N)N1CCOCC1.I. The Labute approximate surface area is 132 Å². The fourth-order valence-electron chi connectivity index (χ4n) is 1.59. The maximum Gasteiger partial charge on any atom is 0.213 e. The fourth-order valence-corrected chi connectivity index (χ4v) is 2.76. The number of rotatable bonds is 5. The molecule has 1 heterocycles. The van der Waals surface area contributed by atoms with Crippen molar-refractivity contribution in [3.8, 4) is 0 Å². The summed E-state index contributed by atoms with van der Waals surface area (Å²) in [5.41, 5.74) is 5.78. The zero-order valence-electron chi connectivity index (χ0n) is 11.3. The summed E-state index contributed by atoms with van der Waals surface area (Å²) in [6.45, 7) is 6.39. The Bertz CT molecular complexity index is 380. The molecular formula is C10H23IN4O3S. The van der Waals surface area contributed by atoms with Gasteiger partial charge < -0.3 is 15.4 Å². The fraction of sp³-hybridized carbons (Fsp3) is 0.900. The summed E-state index contributed by atoms with van der Waals surface area (Å²) in [4.78, 5) is 5.98. The van der Waals surface area contributed by atoms with Gasteiger partial charge in [0.15, 0.2) is 5.96 Å². The number of ether oxygens (including phenoxy) is 1. The zero-order chi connectivity index (χ0) is 13.6. The molecule has 0 unspecified atom stereocenters. The van der Waals surface area contributed by atoms with Crippen molar-refractivity contribution >= 4 is 40.0 Å². The van der Waals surface area contributed by atoms with Crippen LogP contribution in [0.2, 0.25) is 0 Å². The average Bonchev–Trinajstić information content (AvgIpc) is 2.28. The van der Waals surface area contributed by atoms with Gasteiger partial charge in [-0.2, -0.15) is 0 Å². The lowest BCUT2D eigenvalue weighted by molar-refractivity contribution is 0.0674. The van der Waals surface area contributed by atoms with Gasteiger partial charge in [0.2, 0.25) is 10.0 Å². The maximum absolute atomic E-state index is 11.5. The molecule has 3 N–H and O–H groups in total. The van der Waals surface area contributed by atoms with Crippen molar-refractivity contribution in [1.82, 2.24) is 9.62 Å². The van der Waals surface area contributed by atoms with E-state index in [2.05, 4.69) is 9.71 Å². The van der Waals surface area contributed by atoms with E-state index in [4.69, 9.17) is 10.5 Å². The van der Waals surface area contributed by atoms with Crippen LogP contribution in [0.25, 0.3) is 0 Å². The highest BCUT2D eigenvalue weighted by atomic mass is 127. The van der Waals surface area contributed by atoms with Crippen LogP contribution in [0.15, 0.2) is 4.99 Å². The Hall–Kier alpha value is -0.130. The van der Waals surface area contributed by atoms with Gasteiger partial charge in [-0.3, -0.25) is 4.99 Å². The molecular weight excluding hydrogens is 383 g/mol. The van der Waals surface area contributed by atoms with Crippen LogP contribution in [0.4, 0.5) is 0 Å². The van der Waals surface area contributed by atoms with Gasteiger partial charge in [-0.15, -0.1) is 24.0 Å². The second-order valence-corrected chi connectivity index (χ2v) is 6.30. The number of hydrogen-bond donors (Lipinski definition) is 2. The number of morpholine rings is 1. The topological polar surface area (TPSA) is 97.0 Å². The van der Waals surface area contributed by atoms with Crippen LogP contribution in [0, 0.1) is 0 Å². The van der Waals surface area contributed by atoms with E-state index in [1.54, 1.807) is 13.8 Å². The first-order valence-electron chi connectivity index (χ1n) is 6.03. The zero-order valence-corrected chi connectivity index (χ0v) is 14.5. The third-order valence-electron chi connectivity index (χ3n) is 2.38. The molecule has 1 fully saturated rings. The third kappa shape index (κ3) is 7.90. The van der Waals surface area contributed by atoms with Gasteiger partial charge in [0.25, 0.3) is 0 Å². The molecule has 0 radical (unpaired) electrons. The number of nitrogens with two attached hydrogens (primary N) is 1. The molecule has 9 heteroatoms. The van der Waals surface area contributed by atoms with Crippen molar-refractivity contribution in [3.05, 3.63) is 0 Å². The molecule has 7 nitrogen and oxygen atoms in total. The summed E-state index contributed by atoms with van der Waals surface area (Å²) in [5.74, 6) is 0.342. The number of halogens is 1. The van der Waals surface area contributed by atoms with Crippen LogP contribution >= 0.6 is 24.0 Å². The van der Waals surface area contributed by atoms with Crippen molar-refractivity contribution in [2.45, 2.75) is 19.9 Å². The Morgan fingerprint density at radius 2 is 2.00 bits per heavy atom. The van der Waals surface area contributed by atoms with E-state index in [1.807, 2.05) is 4.90 Å². The Morgan fingerprint density at radius 3 is 2.53 bits per heavy atom. The van der Waals surface area contributed by atoms with E-state index in [1.165, 1.54) is 0 Å².